The van der Waals surface area contributed by atoms with E-state index in [-0.39, 0.29) is 24.1 Å². The summed E-state index contributed by atoms with van der Waals surface area (Å²) in [6.45, 7) is 3.49. The third kappa shape index (κ3) is 3.08. The molecule has 3 aromatic rings. The number of hydrogen-bond donors (Lipinski definition) is 1. The minimum Gasteiger partial charge on any atom is -0.442 e. The van der Waals surface area contributed by atoms with Gasteiger partial charge in [-0.2, -0.15) is 4.98 Å². The van der Waals surface area contributed by atoms with Crippen LogP contribution in [0, 0.1) is 6.92 Å². The SMILES string of the molecule is CC(=O)NC[C@@H]1OC(=O)N2c3ccc(-c4ccc(-c5noc(C)n5)nc4)cc3C[C@@H]12. The smallest absolute Gasteiger partial charge is 0.415 e. The molecule has 0 saturated carbocycles. The quantitative estimate of drug-likeness (QED) is 0.710. The Morgan fingerprint density at radius 3 is 2.80 bits per heavy atom. The lowest BCUT2D eigenvalue weighted by atomic mass is 10.0. The average Bonchev–Trinajstić information content (AvgIpc) is 3.41. The topological polar surface area (TPSA) is 110 Å². The first kappa shape index (κ1) is 18.3. The Hall–Kier alpha value is -3.75. The molecule has 2 amide bonds. The van der Waals surface area contributed by atoms with Crippen LogP contribution < -0.4 is 10.2 Å². The fourth-order valence-corrected chi connectivity index (χ4v) is 3.98. The van der Waals surface area contributed by atoms with E-state index in [0.29, 0.717) is 30.4 Å². The van der Waals surface area contributed by atoms with Gasteiger partial charge in [0.2, 0.25) is 17.6 Å². The molecular formula is C21H19N5O4. The van der Waals surface area contributed by atoms with Crippen molar-refractivity contribution in [1.82, 2.24) is 20.4 Å². The molecule has 9 heteroatoms. The van der Waals surface area contributed by atoms with Crippen LogP contribution in [-0.4, -0.2) is 45.8 Å². The van der Waals surface area contributed by atoms with Gasteiger partial charge in [0.1, 0.15) is 11.8 Å². The van der Waals surface area contributed by atoms with Crippen LogP contribution in [-0.2, 0) is 16.0 Å². The summed E-state index contributed by atoms with van der Waals surface area (Å²) in [6.07, 6.45) is 1.71. The number of hydrogen-bond acceptors (Lipinski definition) is 7. The molecule has 1 N–H and O–H groups in total. The maximum Gasteiger partial charge on any atom is 0.415 e. The van der Waals surface area contributed by atoms with Gasteiger partial charge in [0.05, 0.1) is 18.3 Å². The van der Waals surface area contributed by atoms with Gasteiger partial charge in [0, 0.05) is 25.6 Å². The standard InChI is InChI=1S/C21H19N5O4/c1-11(27)22-10-19-18-8-15-7-13(4-6-17(15)26(18)21(28)29-19)14-3-5-16(23-9-14)20-24-12(2)30-25-20/h3-7,9,18-19H,8,10H2,1-2H3,(H,22,27)/t18-,19-/m0/s1. The Labute approximate surface area is 172 Å². The van der Waals surface area contributed by atoms with Crippen molar-refractivity contribution in [1.29, 1.82) is 0 Å². The molecule has 0 bridgehead atoms. The number of nitrogens with one attached hydrogen (secondary N) is 1. The number of ether oxygens (including phenoxy) is 1. The number of carbonyl (C=O) groups is 2. The summed E-state index contributed by atoms with van der Waals surface area (Å²) >= 11 is 0. The first-order chi connectivity index (χ1) is 14.5. The van der Waals surface area contributed by atoms with Crippen LogP contribution in [0.3, 0.4) is 0 Å². The van der Waals surface area contributed by atoms with E-state index in [9.17, 15) is 9.59 Å². The fourth-order valence-electron chi connectivity index (χ4n) is 3.98. The zero-order valence-corrected chi connectivity index (χ0v) is 16.5. The van der Waals surface area contributed by atoms with Gasteiger partial charge in [-0.3, -0.25) is 14.7 Å². The van der Waals surface area contributed by atoms with Gasteiger partial charge in [-0.15, -0.1) is 0 Å². The monoisotopic (exact) mass is 405 g/mol. The van der Waals surface area contributed by atoms with Crippen molar-refractivity contribution in [3.05, 3.63) is 48.0 Å². The highest BCUT2D eigenvalue weighted by atomic mass is 16.6. The number of pyridine rings is 1. The van der Waals surface area contributed by atoms with Crippen LogP contribution in [0.4, 0.5) is 10.5 Å². The highest BCUT2D eigenvalue weighted by molar-refractivity contribution is 5.94. The lowest BCUT2D eigenvalue weighted by Gasteiger charge is -2.16. The fraction of sp³-hybridized carbons (Fsp3) is 0.286. The molecule has 4 heterocycles. The summed E-state index contributed by atoms with van der Waals surface area (Å²) in [5.41, 5.74) is 4.52. The van der Waals surface area contributed by atoms with E-state index in [1.165, 1.54) is 6.92 Å². The van der Waals surface area contributed by atoms with E-state index in [1.54, 1.807) is 18.0 Å². The summed E-state index contributed by atoms with van der Waals surface area (Å²) in [7, 11) is 0. The van der Waals surface area contributed by atoms with Crippen LogP contribution in [0.2, 0.25) is 0 Å². The minimum atomic E-state index is -0.372. The van der Waals surface area contributed by atoms with Gasteiger partial charge >= 0.3 is 6.09 Å². The minimum absolute atomic E-state index is 0.114. The number of aromatic nitrogens is 3. The number of cyclic esters (lactones) is 1. The van der Waals surface area contributed by atoms with Gasteiger partial charge in [-0.25, -0.2) is 4.79 Å². The van der Waals surface area contributed by atoms with Crippen LogP contribution in [0.5, 0.6) is 0 Å². The number of anilines is 1. The molecule has 9 nitrogen and oxygen atoms in total. The largest absolute Gasteiger partial charge is 0.442 e. The maximum absolute atomic E-state index is 12.4. The third-order valence-electron chi connectivity index (χ3n) is 5.38. The number of carbonyl (C=O) groups excluding carboxylic acids is 2. The van der Waals surface area contributed by atoms with Crippen LogP contribution >= 0.6 is 0 Å². The molecular weight excluding hydrogens is 386 g/mol. The van der Waals surface area contributed by atoms with Crippen LogP contribution in [0.1, 0.15) is 18.4 Å². The van der Waals surface area contributed by atoms with Crippen LogP contribution in [0.25, 0.3) is 22.6 Å². The maximum atomic E-state index is 12.4. The first-order valence-corrected chi connectivity index (χ1v) is 9.64. The number of rotatable bonds is 4. The predicted octanol–water partition coefficient (Wildman–Crippen LogP) is 2.49. The lowest BCUT2D eigenvalue weighted by molar-refractivity contribution is -0.119. The van der Waals surface area contributed by atoms with E-state index in [4.69, 9.17) is 9.26 Å². The van der Waals surface area contributed by atoms with Gasteiger partial charge in [-0.05, 0) is 35.7 Å². The Balaban J connectivity index is 1.39. The Kier molecular flexibility index (Phi) is 4.23. The second kappa shape index (κ2) is 6.94. The molecule has 0 radical (unpaired) electrons. The normalized spacial score (nSPS) is 19.4. The number of fused-ring (bicyclic) bond motifs is 3. The molecule has 1 aromatic carbocycles. The second-order valence-electron chi connectivity index (χ2n) is 7.41. The Morgan fingerprint density at radius 1 is 1.27 bits per heavy atom. The van der Waals surface area contributed by atoms with Crippen molar-refractivity contribution < 1.29 is 18.8 Å². The summed E-state index contributed by atoms with van der Waals surface area (Å²) in [5.74, 6) is 0.803. The summed E-state index contributed by atoms with van der Waals surface area (Å²) in [6, 6.07) is 9.67. The summed E-state index contributed by atoms with van der Waals surface area (Å²) < 4.78 is 10.5. The van der Waals surface area contributed by atoms with Crippen molar-refractivity contribution in [2.24, 2.45) is 0 Å². The number of amides is 2. The van der Waals surface area contributed by atoms with Gasteiger partial charge < -0.3 is 14.6 Å². The highest BCUT2D eigenvalue weighted by Gasteiger charge is 2.47. The van der Waals surface area contributed by atoms with Crippen molar-refractivity contribution >= 4 is 17.7 Å². The number of nitrogens with zero attached hydrogens (tertiary/aromatic N) is 4. The second-order valence-corrected chi connectivity index (χ2v) is 7.41. The summed E-state index contributed by atoms with van der Waals surface area (Å²) in [5, 5.41) is 6.62. The number of aryl methyl sites for hydroxylation is 1. The Bertz CT molecular complexity index is 1140. The molecule has 2 atom stereocenters. The molecule has 0 aliphatic carbocycles. The van der Waals surface area contributed by atoms with Crippen LogP contribution in [0.15, 0.2) is 41.1 Å². The molecule has 0 spiro atoms. The number of benzene rings is 1. The van der Waals surface area contributed by atoms with Gasteiger partial charge in [0.15, 0.2) is 0 Å². The molecule has 30 heavy (non-hydrogen) atoms. The molecule has 2 aromatic heterocycles. The van der Waals surface area contributed by atoms with Crippen molar-refractivity contribution in [3.8, 4) is 22.6 Å². The van der Waals surface area contributed by atoms with E-state index in [1.807, 2.05) is 24.3 Å². The van der Waals surface area contributed by atoms with Crippen molar-refractivity contribution in [3.63, 3.8) is 0 Å². The van der Waals surface area contributed by atoms with Gasteiger partial charge in [0.25, 0.3) is 0 Å². The highest BCUT2D eigenvalue weighted by Crippen LogP contribution is 2.40. The first-order valence-electron chi connectivity index (χ1n) is 9.64. The van der Waals surface area contributed by atoms with E-state index >= 15 is 0 Å². The Morgan fingerprint density at radius 2 is 2.10 bits per heavy atom. The zero-order chi connectivity index (χ0) is 20.8. The molecule has 1 fully saturated rings. The molecule has 2 aliphatic rings. The predicted molar refractivity (Wildman–Crippen MR) is 107 cm³/mol. The zero-order valence-electron chi connectivity index (χ0n) is 16.5. The van der Waals surface area contributed by atoms with E-state index < -0.39 is 0 Å². The third-order valence-corrected chi connectivity index (χ3v) is 5.38. The molecule has 5 rings (SSSR count). The van der Waals surface area contributed by atoms with Gasteiger partial charge in [-0.1, -0.05) is 17.3 Å². The molecule has 0 unspecified atom stereocenters. The van der Waals surface area contributed by atoms with Crippen molar-refractivity contribution in [2.75, 3.05) is 11.4 Å². The van der Waals surface area contributed by atoms with E-state index in [2.05, 4.69) is 26.5 Å². The molecule has 1 saturated heterocycles. The molecule has 2 aliphatic heterocycles. The average molecular weight is 405 g/mol. The van der Waals surface area contributed by atoms with Crippen molar-refractivity contribution in [2.45, 2.75) is 32.4 Å². The van der Waals surface area contributed by atoms with E-state index in [0.717, 1.165) is 22.4 Å². The lowest BCUT2D eigenvalue weighted by Crippen LogP contribution is -2.40. The summed E-state index contributed by atoms with van der Waals surface area (Å²) in [4.78, 5) is 33.9. The molecule has 152 valence electrons.